The third-order valence-electron chi connectivity index (χ3n) is 11.3. The molecule has 0 saturated heterocycles. The van der Waals surface area contributed by atoms with Gasteiger partial charge in [-0.05, 0) is 68.3 Å². The lowest BCUT2D eigenvalue weighted by Gasteiger charge is -2.18. The number of rotatable bonds is 5. The number of nitrogens with zero attached hydrogens (tertiary/aromatic N) is 2. The van der Waals surface area contributed by atoms with Gasteiger partial charge in [0.1, 0.15) is 0 Å². The van der Waals surface area contributed by atoms with E-state index in [1.165, 1.54) is 64.3 Å². The van der Waals surface area contributed by atoms with E-state index in [1.54, 1.807) is 0 Å². The van der Waals surface area contributed by atoms with Crippen LogP contribution in [0.1, 0.15) is 23.5 Å². The number of benzene rings is 8. The molecular formula is C52H34N2S. The van der Waals surface area contributed by atoms with Crippen LogP contribution in [0.4, 0.5) is 0 Å². The number of allylic oxidation sites excluding steroid dienone is 4. The fraction of sp³-hybridized carbons (Fsp3) is 0.0385. The van der Waals surface area contributed by atoms with Gasteiger partial charge in [0.2, 0.25) is 0 Å². The molecule has 0 radical (unpaired) electrons. The second kappa shape index (κ2) is 13.0. The highest BCUT2D eigenvalue weighted by Gasteiger charge is 2.16. The number of aromatic nitrogens is 2. The molecule has 0 amide bonds. The summed E-state index contributed by atoms with van der Waals surface area (Å²) in [6.07, 6.45) is 10.0. The molecule has 10 aromatic rings. The van der Waals surface area contributed by atoms with Gasteiger partial charge in [0.15, 0.2) is 0 Å². The van der Waals surface area contributed by atoms with Crippen LogP contribution in [-0.2, 0) is 0 Å². The maximum atomic E-state index is 5.22. The highest BCUT2D eigenvalue weighted by molar-refractivity contribution is 7.26. The summed E-state index contributed by atoms with van der Waals surface area (Å²) < 4.78 is 2.73. The molecule has 2 nitrogen and oxygen atoms in total. The summed E-state index contributed by atoms with van der Waals surface area (Å²) >= 11 is 1.90. The normalized spacial score (nSPS) is 14.3. The van der Waals surface area contributed by atoms with Crippen molar-refractivity contribution >= 4 is 69.7 Å². The Hall–Kier alpha value is -6.68. The van der Waals surface area contributed by atoms with Crippen LogP contribution in [0.2, 0.25) is 0 Å². The molecule has 55 heavy (non-hydrogen) atoms. The molecule has 2 heterocycles. The van der Waals surface area contributed by atoms with Gasteiger partial charge in [0.25, 0.3) is 0 Å². The molecule has 0 fully saturated rings. The molecule has 1 unspecified atom stereocenters. The average molecular weight is 719 g/mol. The maximum Gasteiger partial charge on any atom is 0.0979 e. The van der Waals surface area contributed by atoms with Crippen molar-refractivity contribution < 1.29 is 0 Å². The van der Waals surface area contributed by atoms with Crippen LogP contribution < -0.4 is 0 Å². The Morgan fingerprint density at radius 3 is 1.82 bits per heavy atom. The topological polar surface area (TPSA) is 25.8 Å². The van der Waals surface area contributed by atoms with Gasteiger partial charge in [-0.2, -0.15) is 0 Å². The highest BCUT2D eigenvalue weighted by atomic mass is 32.1. The van der Waals surface area contributed by atoms with Crippen molar-refractivity contribution in [2.24, 2.45) is 0 Å². The maximum absolute atomic E-state index is 5.22. The van der Waals surface area contributed by atoms with Crippen LogP contribution in [0.5, 0.6) is 0 Å². The Kier molecular flexibility index (Phi) is 7.53. The molecular weight excluding hydrogens is 685 g/mol. The van der Waals surface area contributed by atoms with Gasteiger partial charge in [-0.3, -0.25) is 4.98 Å². The van der Waals surface area contributed by atoms with Gasteiger partial charge in [-0.15, -0.1) is 11.3 Å². The largest absolute Gasteiger partial charge is 0.252 e. The van der Waals surface area contributed by atoms with Gasteiger partial charge < -0.3 is 0 Å². The van der Waals surface area contributed by atoms with Crippen molar-refractivity contribution in [1.29, 1.82) is 0 Å². The second-order valence-electron chi connectivity index (χ2n) is 14.5. The molecule has 1 aliphatic carbocycles. The predicted octanol–water partition coefficient (Wildman–Crippen LogP) is 14.4. The van der Waals surface area contributed by atoms with Crippen molar-refractivity contribution in [1.82, 2.24) is 9.97 Å². The fourth-order valence-electron chi connectivity index (χ4n) is 8.44. The fourth-order valence-corrected chi connectivity index (χ4v) is 9.68. The van der Waals surface area contributed by atoms with Crippen LogP contribution in [0.3, 0.4) is 0 Å². The number of hydrogen-bond donors (Lipinski definition) is 0. The lowest BCUT2D eigenvalue weighted by Crippen LogP contribution is -1.98. The Labute approximate surface area is 323 Å². The molecule has 258 valence electrons. The monoisotopic (exact) mass is 718 g/mol. The molecule has 1 aliphatic rings. The summed E-state index contributed by atoms with van der Waals surface area (Å²) in [6, 6.07) is 59.1. The molecule has 8 aromatic carbocycles. The lowest BCUT2D eigenvalue weighted by molar-refractivity contribution is 0.857. The van der Waals surface area contributed by atoms with Gasteiger partial charge in [0, 0.05) is 42.4 Å². The minimum Gasteiger partial charge on any atom is -0.252 e. The highest BCUT2D eigenvalue weighted by Crippen LogP contribution is 2.41. The van der Waals surface area contributed by atoms with Crippen LogP contribution in [0.25, 0.3) is 91.8 Å². The number of hydrogen-bond acceptors (Lipinski definition) is 3. The Morgan fingerprint density at radius 2 is 1.09 bits per heavy atom. The molecule has 0 spiro atoms. The summed E-state index contributed by atoms with van der Waals surface area (Å²) in [5.41, 5.74) is 12.6. The zero-order chi connectivity index (χ0) is 36.3. The second-order valence-corrected chi connectivity index (χ2v) is 15.5. The standard InChI is InChI=1S/C52H34N2S/c1-3-14-45-42(11-1)43-12-2-4-15-46(43)51-50(45)53-32-48(54-51)40-10-7-9-39(31-40)37-25-23-35(24-26-37)33-19-21-34(22-20-33)36-27-29-38(30-28-36)41-16-8-17-47-44-13-5-6-18-49(44)55-52(41)47/h1-27,29-32,36H,28H2. The third-order valence-corrected chi connectivity index (χ3v) is 12.5. The van der Waals surface area contributed by atoms with E-state index in [4.69, 9.17) is 9.97 Å². The molecule has 0 N–H and O–H groups in total. The first-order chi connectivity index (χ1) is 27.2. The van der Waals surface area contributed by atoms with Gasteiger partial charge >= 0.3 is 0 Å². The molecule has 0 aliphatic heterocycles. The molecule has 2 aromatic heterocycles. The SMILES string of the molecule is C1=CC(c2ccc(-c3ccc(-c4cccc(-c5cnc6c7ccccc7c7ccccc7c6n5)c4)cc3)cc2)CC=C1c1cccc2c1sc1ccccc12. The van der Waals surface area contributed by atoms with Crippen molar-refractivity contribution in [3.63, 3.8) is 0 Å². The first kappa shape index (κ1) is 31.8. The Bertz CT molecular complexity index is 3130. The summed E-state index contributed by atoms with van der Waals surface area (Å²) in [6.45, 7) is 0. The van der Waals surface area contributed by atoms with E-state index >= 15 is 0 Å². The van der Waals surface area contributed by atoms with Crippen LogP contribution >= 0.6 is 11.3 Å². The van der Waals surface area contributed by atoms with Crippen molar-refractivity contribution in [3.05, 3.63) is 199 Å². The van der Waals surface area contributed by atoms with Gasteiger partial charge in [-0.25, -0.2) is 4.98 Å². The molecule has 0 saturated carbocycles. The van der Waals surface area contributed by atoms with Crippen LogP contribution in [0.15, 0.2) is 188 Å². The Morgan fingerprint density at radius 1 is 0.491 bits per heavy atom. The third kappa shape index (κ3) is 5.47. The lowest BCUT2D eigenvalue weighted by atomic mass is 9.87. The Balaban J connectivity index is 0.826. The zero-order valence-corrected chi connectivity index (χ0v) is 30.8. The zero-order valence-electron chi connectivity index (χ0n) is 30.0. The van der Waals surface area contributed by atoms with Gasteiger partial charge in [0.05, 0.1) is 22.9 Å². The predicted molar refractivity (Wildman–Crippen MR) is 235 cm³/mol. The minimum absolute atomic E-state index is 0.374. The van der Waals surface area contributed by atoms with E-state index < -0.39 is 0 Å². The van der Waals surface area contributed by atoms with Crippen LogP contribution in [-0.4, -0.2) is 9.97 Å². The van der Waals surface area contributed by atoms with E-state index in [2.05, 4.69) is 182 Å². The van der Waals surface area contributed by atoms with E-state index in [-0.39, 0.29) is 0 Å². The van der Waals surface area contributed by atoms with Gasteiger partial charge in [-0.1, -0.05) is 170 Å². The quantitative estimate of drug-likeness (QED) is 0.166. The molecule has 3 heteroatoms. The summed E-state index contributed by atoms with van der Waals surface area (Å²) in [5, 5.41) is 7.37. The minimum atomic E-state index is 0.374. The van der Waals surface area contributed by atoms with E-state index in [1.807, 2.05) is 17.5 Å². The van der Waals surface area contributed by atoms with E-state index in [0.717, 1.165) is 45.0 Å². The first-order valence-electron chi connectivity index (χ1n) is 18.9. The van der Waals surface area contributed by atoms with Crippen molar-refractivity contribution in [3.8, 4) is 33.5 Å². The summed E-state index contributed by atoms with van der Waals surface area (Å²) in [7, 11) is 0. The molecule has 0 bridgehead atoms. The number of thiophene rings is 1. The number of fused-ring (bicyclic) bond motifs is 9. The summed E-state index contributed by atoms with van der Waals surface area (Å²) in [5.74, 6) is 0.374. The van der Waals surface area contributed by atoms with Crippen molar-refractivity contribution in [2.75, 3.05) is 0 Å². The van der Waals surface area contributed by atoms with Crippen LogP contribution in [0, 0.1) is 0 Å². The first-order valence-corrected chi connectivity index (χ1v) is 19.7. The smallest absolute Gasteiger partial charge is 0.0979 e. The van der Waals surface area contributed by atoms with Crippen molar-refractivity contribution in [2.45, 2.75) is 12.3 Å². The summed E-state index contributed by atoms with van der Waals surface area (Å²) in [4.78, 5) is 10.2. The van der Waals surface area contributed by atoms with E-state index in [0.29, 0.717) is 5.92 Å². The molecule has 1 atom stereocenters. The average Bonchev–Trinajstić information content (AvgIpc) is 3.66. The van der Waals surface area contributed by atoms with E-state index in [9.17, 15) is 0 Å². The molecule has 11 rings (SSSR count).